The van der Waals surface area contributed by atoms with Crippen LogP contribution in [0.5, 0.6) is 11.5 Å². The van der Waals surface area contributed by atoms with Crippen LogP contribution < -0.4 is 16.2 Å². The maximum Gasteiger partial charge on any atom is 0.345 e. The molecule has 1 unspecified atom stereocenters. The number of nitrogens with zero attached hydrogens (tertiary/aromatic N) is 1. The molecule has 0 bridgehead atoms. The van der Waals surface area contributed by atoms with Gasteiger partial charge in [0.05, 0.1) is 11.4 Å². The molecule has 2 aromatic carbocycles. The zero-order chi connectivity index (χ0) is 22.4. The summed E-state index contributed by atoms with van der Waals surface area (Å²) in [5.41, 5.74) is 8.31. The average molecular weight is 421 g/mol. The van der Waals surface area contributed by atoms with E-state index in [1.165, 1.54) is 0 Å². The van der Waals surface area contributed by atoms with Crippen molar-refractivity contribution in [1.82, 2.24) is 9.97 Å². The van der Waals surface area contributed by atoms with Crippen LogP contribution in [0, 0.1) is 6.92 Å². The lowest BCUT2D eigenvalue weighted by molar-refractivity contribution is -0.125. The van der Waals surface area contributed by atoms with Crippen LogP contribution in [0.2, 0.25) is 0 Å². The van der Waals surface area contributed by atoms with Crippen LogP contribution in [0.3, 0.4) is 0 Å². The molecule has 0 aliphatic rings. The Kier molecular flexibility index (Phi) is 7.07. The summed E-state index contributed by atoms with van der Waals surface area (Å²) >= 11 is 0. The molecule has 0 aliphatic heterocycles. The van der Waals surface area contributed by atoms with Gasteiger partial charge in [-0.25, -0.2) is 4.79 Å². The van der Waals surface area contributed by atoms with Crippen molar-refractivity contribution in [3.8, 4) is 34.0 Å². The van der Waals surface area contributed by atoms with Crippen LogP contribution in [-0.4, -0.2) is 27.1 Å². The number of phenols is 1. The number of H-pyrrole nitrogens is 1. The highest BCUT2D eigenvalue weighted by atomic mass is 16.5. The molecule has 1 heterocycles. The molecule has 7 nitrogen and oxygen atoms in total. The average Bonchev–Trinajstić information content (AvgIpc) is 2.75. The number of aromatic nitrogens is 2. The lowest BCUT2D eigenvalue weighted by Crippen LogP contribution is -2.33. The number of carbonyl (C=O) groups excluding carboxylic acids is 1. The van der Waals surface area contributed by atoms with Crippen molar-refractivity contribution in [2.24, 2.45) is 5.73 Å². The highest BCUT2D eigenvalue weighted by Crippen LogP contribution is 2.27. The molecule has 4 N–H and O–H groups in total. The first-order valence-corrected chi connectivity index (χ1v) is 10.3. The normalized spacial score (nSPS) is 11.8. The van der Waals surface area contributed by atoms with Crippen molar-refractivity contribution in [1.29, 1.82) is 0 Å². The standard InChI is InChI=1S/C24H27N3O4/c1-3-4-5-6-22(23(25)29)31-18-10-7-16(8-11-18)19-14-20(27-24(30)26-19)17-9-12-21(28)15(2)13-17/h7-14,22,28H,3-6H2,1-2H3,(H2,25,29)(H,26,27,30). The second kappa shape index (κ2) is 9.93. The van der Waals surface area contributed by atoms with Gasteiger partial charge in [-0.2, -0.15) is 4.98 Å². The number of carbonyl (C=O) groups is 1. The number of ether oxygens (including phenoxy) is 1. The predicted molar refractivity (Wildman–Crippen MR) is 120 cm³/mol. The summed E-state index contributed by atoms with van der Waals surface area (Å²) in [6.45, 7) is 3.88. The van der Waals surface area contributed by atoms with Crippen molar-refractivity contribution >= 4 is 5.91 Å². The summed E-state index contributed by atoms with van der Waals surface area (Å²) in [5.74, 6) is 0.246. The fourth-order valence-corrected chi connectivity index (χ4v) is 3.29. The van der Waals surface area contributed by atoms with Gasteiger partial charge in [0.15, 0.2) is 6.10 Å². The smallest absolute Gasteiger partial charge is 0.345 e. The molecular weight excluding hydrogens is 394 g/mol. The van der Waals surface area contributed by atoms with Crippen molar-refractivity contribution < 1.29 is 14.6 Å². The first-order valence-electron chi connectivity index (χ1n) is 10.3. The third kappa shape index (κ3) is 5.72. The van der Waals surface area contributed by atoms with Crippen LogP contribution in [0.4, 0.5) is 0 Å². The molecule has 162 valence electrons. The number of phenolic OH excluding ortho intramolecular Hbond substituents is 1. The van der Waals surface area contributed by atoms with Crippen LogP contribution >= 0.6 is 0 Å². The first kappa shape index (κ1) is 22.1. The molecule has 3 rings (SSSR count). The molecule has 3 aromatic rings. The molecule has 0 saturated heterocycles. The summed E-state index contributed by atoms with van der Waals surface area (Å²) in [6.07, 6.45) is 2.86. The van der Waals surface area contributed by atoms with Crippen LogP contribution in [0.15, 0.2) is 53.3 Å². The Hall–Kier alpha value is -3.61. The fourth-order valence-electron chi connectivity index (χ4n) is 3.29. The molecule has 1 aromatic heterocycles. The lowest BCUT2D eigenvalue weighted by atomic mass is 10.1. The highest BCUT2D eigenvalue weighted by molar-refractivity contribution is 5.79. The minimum atomic E-state index is -0.664. The Balaban J connectivity index is 1.82. The summed E-state index contributed by atoms with van der Waals surface area (Å²) in [4.78, 5) is 30.6. The zero-order valence-electron chi connectivity index (χ0n) is 17.7. The number of hydrogen-bond donors (Lipinski definition) is 3. The van der Waals surface area contributed by atoms with Crippen molar-refractivity contribution in [3.05, 3.63) is 64.6 Å². The molecular formula is C24H27N3O4. The molecule has 0 fully saturated rings. The van der Waals surface area contributed by atoms with Gasteiger partial charge in [0.1, 0.15) is 11.5 Å². The molecule has 0 radical (unpaired) electrons. The maximum absolute atomic E-state index is 12.1. The van der Waals surface area contributed by atoms with Crippen molar-refractivity contribution in [2.75, 3.05) is 0 Å². The molecule has 1 amide bonds. The number of hydrogen-bond acceptors (Lipinski definition) is 5. The van der Waals surface area contributed by atoms with Crippen LogP contribution in [0.1, 0.15) is 38.2 Å². The number of rotatable bonds is 9. The van der Waals surface area contributed by atoms with E-state index in [1.807, 2.05) is 0 Å². The molecule has 0 spiro atoms. The van der Waals surface area contributed by atoms with E-state index in [0.29, 0.717) is 29.1 Å². The SMILES string of the molecule is CCCCCC(Oc1ccc(-c2cc(-c3ccc(O)c(C)c3)nc(=O)[nH]2)cc1)C(N)=O. The van der Waals surface area contributed by atoms with Gasteiger partial charge in [0.2, 0.25) is 0 Å². The molecule has 1 atom stereocenters. The summed E-state index contributed by atoms with van der Waals surface area (Å²) in [6, 6.07) is 13.9. The number of aromatic hydroxyl groups is 1. The number of nitrogens with one attached hydrogen (secondary N) is 1. The quantitative estimate of drug-likeness (QED) is 0.452. The fraction of sp³-hybridized carbons (Fsp3) is 0.292. The maximum atomic E-state index is 12.1. The van der Waals surface area contributed by atoms with E-state index in [-0.39, 0.29) is 5.75 Å². The first-order chi connectivity index (χ1) is 14.9. The largest absolute Gasteiger partial charge is 0.508 e. The predicted octanol–water partition coefficient (Wildman–Crippen LogP) is 3.93. The summed E-state index contributed by atoms with van der Waals surface area (Å²) in [5, 5.41) is 9.73. The van der Waals surface area contributed by atoms with Gasteiger partial charge >= 0.3 is 5.69 Å². The Morgan fingerprint density at radius 1 is 1.13 bits per heavy atom. The van der Waals surface area contributed by atoms with Crippen molar-refractivity contribution in [2.45, 2.75) is 45.6 Å². The van der Waals surface area contributed by atoms with Gasteiger partial charge in [-0.3, -0.25) is 4.79 Å². The highest BCUT2D eigenvalue weighted by Gasteiger charge is 2.17. The molecule has 0 aliphatic carbocycles. The Labute approximate surface area is 180 Å². The van der Waals surface area contributed by atoms with E-state index >= 15 is 0 Å². The van der Waals surface area contributed by atoms with E-state index in [1.54, 1.807) is 55.5 Å². The van der Waals surface area contributed by atoms with E-state index in [9.17, 15) is 14.7 Å². The number of unbranched alkanes of at least 4 members (excludes halogenated alkanes) is 2. The number of amides is 1. The monoisotopic (exact) mass is 421 g/mol. The number of aryl methyl sites for hydroxylation is 1. The van der Waals surface area contributed by atoms with E-state index in [2.05, 4.69) is 16.9 Å². The molecule has 31 heavy (non-hydrogen) atoms. The third-order valence-electron chi connectivity index (χ3n) is 5.07. The topological polar surface area (TPSA) is 118 Å². The second-order valence-corrected chi connectivity index (χ2v) is 7.52. The van der Waals surface area contributed by atoms with Crippen molar-refractivity contribution in [3.63, 3.8) is 0 Å². The Morgan fingerprint density at radius 2 is 1.84 bits per heavy atom. The van der Waals surface area contributed by atoms with E-state index in [0.717, 1.165) is 30.4 Å². The van der Waals surface area contributed by atoms with Crippen LogP contribution in [0.25, 0.3) is 22.5 Å². The molecule has 0 saturated carbocycles. The van der Waals surface area contributed by atoms with E-state index in [4.69, 9.17) is 10.5 Å². The summed E-state index contributed by atoms with van der Waals surface area (Å²) in [7, 11) is 0. The Bertz CT molecular complexity index is 1110. The van der Waals surface area contributed by atoms with Gasteiger partial charge in [-0.1, -0.05) is 19.8 Å². The third-order valence-corrected chi connectivity index (χ3v) is 5.07. The van der Waals surface area contributed by atoms with Crippen LogP contribution in [-0.2, 0) is 4.79 Å². The zero-order valence-corrected chi connectivity index (χ0v) is 17.7. The van der Waals surface area contributed by atoms with Gasteiger partial charge in [0, 0.05) is 5.56 Å². The minimum absolute atomic E-state index is 0.188. The van der Waals surface area contributed by atoms with Gasteiger partial charge in [-0.15, -0.1) is 0 Å². The summed E-state index contributed by atoms with van der Waals surface area (Å²) < 4.78 is 5.77. The number of primary amides is 1. The number of benzene rings is 2. The van der Waals surface area contributed by atoms with Gasteiger partial charge < -0.3 is 20.6 Å². The number of aromatic amines is 1. The van der Waals surface area contributed by atoms with Gasteiger partial charge in [-0.05, 0) is 79.4 Å². The minimum Gasteiger partial charge on any atom is -0.508 e. The van der Waals surface area contributed by atoms with E-state index < -0.39 is 17.7 Å². The lowest BCUT2D eigenvalue weighted by Gasteiger charge is -2.16. The molecule has 7 heteroatoms. The van der Waals surface area contributed by atoms with Gasteiger partial charge in [0.25, 0.3) is 5.91 Å². The number of nitrogens with two attached hydrogens (primary N) is 1. The Morgan fingerprint density at radius 3 is 2.48 bits per heavy atom. The second-order valence-electron chi connectivity index (χ2n) is 7.52.